The van der Waals surface area contributed by atoms with Crippen LogP contribution in [0.15, 0.2) is 0 Å². The minimum absolute atomic E-state index is 0.117. The third-order valence-corrected chi connectivity index (χ3v) is 9.86. The molecule has 9 unspecified atom stereocenters. The highest BCUT2D eigenvalue weighted by Gasteiger charge is 2.47. The first kappa shape index (κ1) is 21.5. The zero-order valence-electron chi connectivity index (χ0n) is 18.5. The molecule has 3 saturated heterocycles. The van der Waals surface area contributed by atoms with Gasteiger partial charge in [0.1, 0.15) is 0 Å². The molecule has 29 heavy (non-hydrogen) atoms. The van der Waals surface area contributed by atoms with E-state index in [2.05, 4.69) is 36.3 Å². The van der Waals surface area contributed by atoms with Crippen molar-refractivity contribution in [3.05, 3.63) is 0 Å². The van der Waals surface area contributed by atoms with Crippen molar-refractivity contribution in [3.63, 3.8) is 0 Å². The Balaban J connectivity index is 1.41. The molecular formula is C23H39N3O2S. The molecule has 3 aliphatic heterocycles. The molecule has 0 bridgehead atoms. The molecule has 5 nitrogen and oxygen atoms in total. The molecule has 4 aliphatic rings. The Hall–Kier alpha value is -0.750. The van der Waals surface area contributed by atoms with Gasteiger partial charge in [0, 0.05) is 37.6 Å². The van der Waals surface area contributed by atoms with Crippen molar-refractivity contribution < 1.29 is 9.59 Å². The summed E-state index contributed by atoms with van der Waals surface area (Å²) in [6, 6.07) is 1.12. The van der Waals surface area contributed by atoms with E-state index in [-0.39, 0.29) is 23.1 Å². The predicted molar refractivity (Wildman–Crippen MR) is 119 cm³/mol. The lowest BCUT2D eigenvalue weighted by Gasteiger charge is -2.50. The minimum Gasteiger partial charge on any atom is -0.352 e. The van der Waals surface area contributed by atoms with Gasteiger partial charge in [0.2, 0.25) is 11.8 Å². The molecule has 2 amide bonds. The van der Waals surface area contributed by atoms with Crippen LogP contribution < -0.4 is 10.6 Å². The molecule has 4 fully saturated rings. The molecule has 0 aromatic carbocycles. The first-order valence-corrected chi connectivity index (χ1v) is 12.8. The fourth-order valence-electron chi connectivity index (χ4n) is 6.41. The summed E-state index contributed by atoms with van der Waals surface area (Å²) in [6.07, 6.45) is 6.35. The van der Waals surface area contributed by atoms with Crippen LogP contribution in [0, 0.1) is 29.6 Å². The maximum atomic E-state index is 13.3. The van der Waals surface area contributed by atoms with E-state index < -0.39 is 0 Å². The summed E-state index contributed by atoms with van der Waals surface area (Å²) >= 11 is 1.81. The molecule has 0 aromatic rings. The van der Waals surface area contributed by atoms with E-state index in [0.29, 0.717) is 41.7 Å². The lowest BCUT2D eigenvalue weighted by molar-refractivity contribution is -0.148. The van der Waals surface area contributed by atoms with E-state index in [4.69, 9.17) is 0 Å². The Morgan fingerprint density at radius 2 is 1.90 bits per heavy atom. The van der Waals surface area contributed by atoms with Crippen LogP contribution >= 0.6 is 11.8 Å². The summed E-state index contributed by atoms with van der Waals surface area (Å²) in [7, 11) is 2.02. The van der Waals surface area contributed by atoms with Gasteiger partial charge in [-0.3, -0.25) is 9.59 Å². The topological polar surface area (TPSA) is 61.4 Å². The average molecular weight is 422 g/mol. The molecule has 9 atom stereocenters. The second-order valence-corrected chi connectivity index (χ2v) is 11.6. The fraction of sp³-hybridized carbons (Fsp3) is 0.913. The number of rotatable bonds is 3. The quantitative estimate of drug-likeness (QED) is 0.736. The minimum atomic E-state index is 0.117. The van der Waals surface area contributed by atoms with Gasteiger partial charge >= 0.3 is 0 Å². The SMILES string of the molecule is CC1CC2C(CN1)CC(C1CC(NC(=O)C3SCCC3C)CCC1C)C(=O)N2C. The number of thioether (sulfide) groups is 1. The van der Waals surface area contributed by atoms with Crippen LogP contribution in [0.1, 0.15) is 59.3 Å². The number of piperidine rings is 2. The van der Waals surface area contributed by atoms with Gasteiger partial charge in [0.25, 0.3) is 0 Å². The molecule has 4 rings (SSSR count). The van der Waals surface area contributed by atoms with Crippen LogP contribution in [-0.4, -0.2) is 59.4 Å². The van der Waals surface area contributed by atoms with Crippen molar-refractivity contribution in [1.29, 1.82) is 0 Å². The number of nitrogens with zero attached hydrogens (tertiary/aromatic N) is 1. The monoisotopic (exact) mass is 421 g/mol. The summed E-state index contributed by atoms with van der Waals surface area (Å²) in [5.74, 6) is 3.78. The average Bonchev–Trinajstić information content (AvgIpc) is 3.13. The predicted octanol–water partition coefficient (Wildman–Crippen LogP) is 2.89. The second kappa shape index (κ2) is 8.78. The summed E-state index contributed by atoms with van der Waals surface area (Å²) in [6.45, 7) is 7.76. The maximum absolute atomic E-state index is 13.3. The van der Waals surface area contributed by atoms with Crippen LogP contribution in [0.5, 0.6) is 0 Å². The molecular weight excluding hydrogens is 382 g/mol. The van der Waals surface area contributed by atoms with Gasteiger partial charge in [-0.25, -0.2) is 0 Å². The van der Waals surface area contributed by atoms with E-state index >= 15 is 0 Å². The number of carbonyl (C=O) groups is 2. The molecule has 0 radical (unpaired) electrons. The number of hydrogen-bond donors (Lipinski definition) is 2. The molecule has 2 N–H and O–H groups in total. The Morgan fingerprint density at radius 1 is 1.10 bits per heavy atom. The third-order valence-electron chi connectivity index (χ3n) is 8.35. The van der Waals surface area contributed by atoms with Crippen LogP contribution in [0.2, 0.25) is 0 Å². The summed E-state index contributed by atoms with van der Waals surface area (Å²) in [5.41, 5.74) is 0. The molecule has 3 heterocycles. The van der Waals surface area contributed by atoms with Crippen molar-refractivity contribution in [2.75, 3.05) is 19.3 Å². The highest BCUT2D eigenvalue weighted by molar-refractivity contribution is 8.00. The van der Waals surface area contributed by atoms with Gasteiger partial charge in [-0.2, -0.15) is 0 Å². The number of amides is 2. The van der Waals surface area contributed by atoms with Crippen molar-refractivity contribution in [2.45, 2.75) is 82.7 Å². The van der Waals surface area contributed by atoms with Gasteiger partial charge < -0.3 is 15.5 Å². The third kappa shape index (κ3) is 4.34. The number of hydrogen-bond acceptors (Lipinski definition) is 4. The van der Waals surface area contributed by atoms with Gasteiger partial charge in [-0.15, -0.1) is 11.8 Å². The van der Waals surface area contributed by atoms with Crippen LogP contribution in [0.3, 0.4) is 0 Å². The standard InChI is InChI=1S/C23H39N3O2S/c1-13-5-6-17(25-22(27)21-14(2)7-8-29-21)11-18(13)19-10-16-12-24-15(3)9-20(16)26(4)23(19)28/h13-21,24H,5-12H2,1-4H3,(H,25,27). The van der Waals surface area contributed by atoms with Gasteiger partial charge in [0.15, 0.2) is 0 Å². The highest BCUT2D eigenvalue weighted by Crippen LogP contribution is 2.43. The zero-order chi connectivity index (χ0) is 20.7. The summed E-state index contributed by atoms with van der Waals surface area (Å²) < 4.78 is 0. The molecule has 164 valence electrons. The van der Waals surface area contributed by atoms with Gasteiger partial charge in [-0.05, 0) is 74.9 Å². The Kier molecular flexibility index (Phi) is 6.50. The van der Waals surface area contributed by atoms with E-state index in [1.807, 2.05) is 18.8 Å². The van der Waals surface area contributed by atoms with Crippen molar-refractivity contribution in [2.24, 2.45) is 29.6 Å². The second-order valence-electron chi connectivity index (χ2n) is 10.4. The smallest absolute Gasteiger partial charge is 0.233 e. The first-order valence-electron chi connectivity index (χ1n) is 11.8. The zero-order valence-corrected chi connectivity index (χ0v) is 19.3. The van der Waals surface area contributed by atoms with Crippen molar-refractivity contribution >= 4 is 23.6 Å². The number of fused-ring (bicyclic) bond motifs is 1. The summed E-state index contributed by atoms with van der Waals surface area (Å²) in [5, 5.41) is 7.11. The molecule has 1 saturated carbocycles. The maximum Gasteiger partial charge on any atom is 0.233 e. The van der Waals surface area contributed by atoms with Crippen LogP contribution in [-0.2, 0) is 9.59 Å². The van der Waals surface area contributed by atoms with E-state index in [1.54, 1.807) is 0 Å². The van der Waals surface area contributed by atoms with Crippen molar-refractivity contribution in [1.82, 2.24) is 15.5 Å². The number of carbonyl (C=O) groups excluding carboxylic acids is 2. The molecule has 6 heteroatoms. The normalized spacial score (nSPS) is 45.7. The Labute approximate surface area is 180 Å². The van der Waals surface area contributed by atoms with Gasteiger partial charge in [-0.1, -0.05) is 13.8 Å². The number of likely N-dealkylation sites (tertiary alicyclic amines) is 1. The first-order chi connectivity index (χ1) is 13.8. The van der Waals surface area contributed by atoms with Crippen LogP contribution in [0.4, 0.5) is 0 Å². The fourth-order valence-corrected chi connectivity index (χ4v) is 7.86. The molecule has 0 spiro atoms. The summed E-state index contributed by atoms with van der Waals surface area (Å²) in [4.78, 5) is 28.2. The van der Waals surface area contributed by atoms with Crippen LogP contribution in [0.25, 0.3) is 0 Å². The lowest BCUT2D eigenvalue weighted by atomic mass is 9.65. The lowest BCUT2D eigenvalue weighted by Crippen LogP contribution is -2.60. The largest absolute Gasteiger partial charge is 0.352 e. The van der Waals surface area contributed by atoms with Gasteiger partial charge in [0.05, 0.1) is 5.25 Å². The highest BCUT2D eigenvalue weighted by atomic mass is 32.2. The van der Waals surface area contributed by atoms with E-state index in [0.717, 1.165) is 50.8 Å². The molecule has 0 aromatic heterocycles. The van der Waals surface area contributed by atoms with Crippen molar-refractivity contribution in [3.8, 4) is 0 Å². The molecule has 1 aliphatic carbocycles. The Morgan fingerprint density at radius 3 is 2.62 bits per heavy atom. The van der Waals surface area contributed by atoms with E-state index in [9.17, 15) is 9.59 Å². The Bertz CT molecular complexity index is 629. The van der Waals surface area contributed by atoms with E-state index in [1.165, 1.54) is 0 Å². The number of nitrogens with one attached hydrogen (secondary N) is 2.